The lowest BCUT2D eigenvalue weighted by Crippen LogP contribution is -2.33. The van der Waals surface area contributed by atoms with Crippen LogP contribution in [0, 0.1) is 0 Å². The Morgan fingerprint density at radius 3 is 2.33 bits per heavy atom. The van der Waals surface area contributed by atoms with Crippen molar-refractivity contribution in [1.82, 2.24) is 9.97 Å². The van der Waals surface area contributed by atoms with Crippen molar-refractivity contribution >= 4 is 23.6 Å². The number of anilines is 2. The van der Waals surface area contributed by atoms with Crippen molar-refractivity contribution in [2.45, 2.75) is 38.8 Å². The molecule has 0 fully saturated rings. The van der Waals surface area contributed by atoms with Crippen molar-refractivity contribution in [3.63, 3.8) is 0 Å². The number of carbonyl (C=O) groups excluding carboxylic acids is 2. The van der Waals surface area contributed by atoms with Crippen LogP contribution < -0.4 is 10.6 Å². The van der Waals surface area contributed by atoms with Gasteiger partial charge in [-0.3, -0.25) is 5.32 Å². The minimum absolute atomic E-state index is 0.378. The number of hydrogen-bond donors (Lipinski definition) is 2. The van der Waals surface area contributed by atoms with E-state index >= 15 is 0 Å². The Kier molecular flexibility index (Phi) is 7.61. The Bertz CT molecular complexity index is 1080. The molecule has 0 aliphatic rings. The topological polar surface area (TPSA) is 102 Å². The second-order valence-electron chi connectivity index (χ2n) is 8.40. The molecule has 0 aliphatic heterocycles. The van der Waals surface area contributed by atoms with Gasteiger partial charge < -0.3 is 14.8 Å². The molecule has 0 unspecified atom stereocenters. The first-order chi connectivity index (χ1) is 15.7. The van der Waals surface area contributed by atoms with Crippen LogP contribution in [0.5, 0.6) is 0 Å². The maximum Gasteiger partial charge on any atom is 0.412 e. The molecule has 2 N–H and O–H groups in total. The lowest BCUT2D eigenvalue weighted by Gasteiger charge is -2.19. The lowest BCUT2D eigenvalue weighted by molar-refractivity contribution is -0.141. The van der Waals surface area contributed by atoms with Gasteiger partial charge in [-0.1, -0.05) is 42.5 Å². The largest absolute Gasteiger partial charge is 0.467 e. The number of hydrogen-bond acceptors (Lipinski definition) is 7. The molecule has 8 nitrogen and oxygen atoms in total. The van der Waals surface area contributed by atoms with Gasteiger partial charge in [0, 0.05) is 23.7 Å². The van der Waals surface area contributed by atoms with Gasteiger partial charge in [0.05, 0.1) is 12.8 Å². The second kappa shape index (κ2) is 10.6. The zero-order chi connectivity index (χ0) is 23.8. The molecule has 0 saturated heterocycles. The van der Waals surface area contributed by atoms with Gasteiger partial charge in [-0.05, 0) is 38.5 Å². The fraction of sp³-hybridized carbons (Fsp3) is 0.280. The monoisotopic (exact) mass is 448 g/mol. The molecular formula is C25H28N4O4. The van der Waals surface area contributed by atoms with Crippen LogP contribution in [-0.2, 0) is 20.7 Å². The molecule has 0 saturated carbocycles. The van der Waals surface area contributed by atoms with E-state index in [2.05, 4.69) is 20.6 Å². The Morgan fingerprint density at radius 1 is 1.00 bits per heavy atom. The number of rotatable bonds is 7. The third-order valence-electron chi connectivity index (χ3n) is 4.58. The maximum atomic E-state index is 12.3. The molecule has 1 amide bonds. The van der Waals surface area contributed by atoms with Crippen molar-refractivity contribution in [2.24, 2.45) is 0 Å². The van der Waals surface area contributed by atoms with Crippen LogP contribution in [0.3, 0.4) is 0 Å². The first kappa shape index (κ1) is 23.7. The highest BCUT2D eigenvalue weighted by molar-refractivity contribution is 5.85. The average molecular weight is 449 g/mol. The van der Waals surface area contributed by atoms with Gasteiger partial charge in [-0.25, -0.2) is 19.6 Å². The highest BCUT2D eigenvalue weighted by atomic mass is 16.6. The number of aromatic nitrogens is 2. The quantitative estimate of drug-likeness (QED) is 0.506. The maximum absolute atomic E-state index is 12.3. The van der Waals surface area contributed by atoms with Crippen molar-refractivity contribution in [3.8, 4) is 11.3 Å². The second-order valence-corrected chi connectivity index (χ2v) is 8.40. The summed E-state index contributed by atoms with van der Waals surface area (Å²) >= 11 is 0. The summed E-state index contributed by atoms with van der Waals surface area (Å²) < 4.78 is 10.2. The number of esters is 1. The van der Waals surface area contributed by atoms with Gasteiger partial charge in [-0.15, -0.1) is 0 Å². The van der Waals surface area contributed by atoms with Crippen molar-refractivity contribution in [2.75, 3.05) is 17.7 Å². The predicted molar refractivity (Wildman–Crippen MR) is 127 cm³/mol. The Hall–Kier alpha value is -3.94. The number of benzene rings is 2. The summed E-state index contributed by atoms with van der Waals surface area (Å²) in [6.45, 7) is 5.42. The third-order valence-corrected chi connectivity index (χ3v) is 4.58. The predicted octanol–water partition coefficient (Wildman–Crippen LogP) is 4.69. The number of amides is 1. The fourth-order valence-electron chi connectivity index (χ4n) is 3.10. The molecule has 0 spiro atoms. The standard InChI is InChI=1S/C25H28N4O4/c1-25(2,3)33-24(31)28-19-12-10-18(11-13-19)20-15-22(27-16-26-20)29-21(23(30)32-4)14-17-8-6-5-7-9-17/h5-13,15-16,21H,14H2,1-4H3,(H,28,31)(H,26,27,29)/t21-/m0/s1. The highest BCUT2D eigenvalue weighted by Gasteiger charge is 2.20. The van der Waals surface area contributed by atoms with Gasteiger partial charge in [-0.2, -0.15) is 0 Å². The fourth-order valence-corrected chi connectivity index (χ4v) is 3.10. The molecule has 0 radical (unpaired) electrons. The summed E-state index contributed by atoms with van der Waals surface area (Å²) in [7, 11) is 1.36. The van der Waals surface area contributed by atoms with E-state index in [1.807, 2.05) is 42.5 Å². The van der Waals surface area contributed by atoms with Crippen LogP contribution in [0.4, 0.5) is 16.3 Å². The van der Waals surface area contributed by atoms with E-state index in [1.165, 1.54) is 13.4 Å². The minimum atomic E-state index is -0.597. The van der Waals surface area contributed by atoms with Crippen LogP contribution in [0.1, 0.15) is 26.3 Å². The van der Waals surface area contributed by atoms with E-state index in [9.17, 15) is 9.59 Å². The van der Waals surface area contributed by atoms with Crippen LogP contribution in [0.2, 0.25) is 0 Å². The van der Waals surface area contributed by atoms with Crippen LogP contribution in [0.25, 0.3) is 11.3 Å². The van der Waals surface area contributed by atoms with Crippen LogP contribution >= 0.6 is 0 Å². The molecule has 1 aromatic heterocycles. The van der Waals surface area contributed by atoms with E-state index in [4.69, 9.17) is 9.47 Å². The summed E-state index contributed by atoms with van der Waals surface area (Å²) in [5.74, 6) is 0.124. The van der Waals surface area contributed by atoms with Gasteiger partial charge >= 0.3 is 12.1 Å². The number of methoxy groups -OCH3 is 1. The zero-order valence-electron chi connectivity index (χ0n) is 19.2. The van der Waals surface area contributed by atoms with E-state index in [0.717, 1.165) is 11.1 Å². The average Bonchev–Trinajstić information content (AvgIpc) is 2.78. The molecule has 0 bridgehead atoms. The summed E-state index contributed by atoms with van der Waals surface area (Å²) in [5, 5.41) is 5.85. The number of ether oxygens (including phenoxy) is 2. The summed E-state index contributed by atoms with van der Waals surface area (Å²) in [4.78, 5) is 32.8. The number of carbonyl (C=O) groups is 2. The van der Waals surface area contributed by atoms with Crippen molar-refractivity contribution in [3.05, 3.63) is 72.6 Å². The zero-order valence-corrected chi connectivity index (χ0v) is 19.2. The molecule has 8 heteroatoms. The van der Waals surface area contributed by atoms with Crippen LogP contribution in [-0.4, -0.2) is 40.8 Å². The molecule has 1 heterocycles. The van der Waals surface area contributed by atoms with Gasteiger partial charge in [0.15, 0.2) is 0 Å². The number of nitrogens with zero attached hydrogens (tertiary/aromatic N) is 2. The molecular weight excluding hydrogens is 420 g/mol. The first-order valence-electron chi connectivity index (χ1n) is 10.5. The molecule has 0 aliphatic carbocycles. The van der Waals surface area contributed by atoms with Crippen molar-refractivity contribution in [1.29, 1.82) is 0 Å². The van der Waals surface area contributed by atoms with Gasteiger partial charge in [0.1, 0.15) is 23.8 Å². The Balaban J connectivity index is 1.71. The Labute approximate surface area is 193 Å². The van der Waals surface area contributed by atoms with E-state index in [-0.39, 0.29) is 5.97 Å². The van der Waals surface area contributed by atoms with Gasteiger partial charge in [0.2, 0.25) is 0 Å². The molecule has 1 atom stereocenters. The third kappa shape index (κ3) is 7.31. The van der Waals surface area contributed by atoms with Crippen LogP contribution in [0.15, 0.2) is 67.0 Å². The van der Waals surface area contributed by atoms with E-state index in [0.29, 0.717) is 23.6 Å². The normalized spacial score (nSPS) is 11.9. The number of nitrogens with one attached hydrogen (secondary N) is 2. The molecule has 3 rings (SSSR count). The lowest BCUT2D eigenvalue weighted by atomic mass is 10.1. The van der Waals surface area contributed by atoms with E-state index < -0.39 is 17.7 Å². The summed E-state index contributed by atoms with van der Waals surface area (Å²) in [5.41, 5.74) is 2.53. The molecule has 33 heavy (non-hydrogen) atoms. The van der Waals surface area contributed by atoms with Crippen molar-refractivity contribution < 1.29 is 19.1 Å². The first-order valence-corrected chi connectivity index (χ1v) is 10.5. The Morgan fingerprint density at radius 2 is 1.70 bits per heavy atom. The molecule has 2 aromatic carbocycles. The SMILES string of the molecule is COC(=O)[C@H](Cc1ccccc1)Nc1cc(-c2ccc(NC(=O)OC(C)(C)C)cc2)ncn1. The smallest absolute Gasteiger partial charge is 0.412 e. The highest BCUT2D eigenvalue weighted by Crippen LogP contribution is 2.22. The molecule has 3 aromatic rings. The minimum Gasteiger partial charge on any atom is -0.467 e. The molecule has 172 valence electrons. The van der Waals surface area contributed by atoms with E-state index in [1.54, 1.807) is 39.0 Å². The van der Waals surface area contributed by atoms with Gasteiger partial charge in [0.25, 0.3) is 0 Å². The summed E-state index contributed by atoms with van der Waals surface area (Å²) in [6.07, 6.45) is 1.37. The summed E-state index contributed by atoms with van der Waals surface area (Å²) in [6, 6.07) is 18.0.